The second-order valence-corrected chi connectivity index (χ2v) is 7.65. The van der Waals surface area contributed by atoms with Gasteiger partial charge in [-0.2, -0.15) is 0 Å². The number of benzene rings is 2. The number of aromatic nitrogens is 3. The van der Waals surface area contributed by atoms with Crippen LogP contribution in [0.2, 0.25) is 0 Å². The number of carbonyl (C=O) groups is 1. The maximum absolute atomic E-state index is 12.4. The predicted octanol–water partition coefficient (Wildman–Crippen LogP) is 3.30. The lowest BCUT2D eigenvalue weighted by molar-refractivity contribution is -0.113. The van der Waals surface area contributed by atoms with Crippen LogP contribution in [-0.2, 0) is 11.8 Å². The molecule has 0 fully saturated rings. The van der Waals surface area contributed by atoms with Gasteiger partial charge in [0.05, 0.1) is 25.7 Å². The van der Waals surface area contributed by atoms with Crippen LogP contribution in [-0.4, -0.2) is 54.7 Å². The number of rotatable bonds is 8. The van der Waals surface area contributed by atoms with E-state index in [4.69, 9.17) is 9.47 Å². The van der Waals surface area contributed by atoms with E-state index >= 15 is 0 Å². The monoisotopic (exact) mass is 427 g/mol. The molecule has 1 heterocycles. The largest absolute Gasteiger partial charge is 0.497 e. The van der Waals surface area contributed by atoms with E-state index < -0.39 is 0 Å². The number of thioether (sulfide) groups is 1. The van der Waals surface area contributed by atoms with Gasteiger partial charge in [0.25, 0.3) is 0 Å². The third-order valence-electron chi connectivity index (χ3n) is 4.49. The summed E-state index contributed by atoms with van der Waals surface area (Å²) in [6.07, 6.45) is 0. The van der Waals surface area contributed by atoms with Crippen LogP contribution in [0, 0.1) is 0 Å². The Morgan fingerprint density at radius 3 is 2.47 bits per heavy atom. The number of hydrogen-bond acceptors (Lipinski definition) is 7. The van der Waals surface area contributed by atoms with Gasteiger partial charge in [0.1, 0.15) is 11.5 Å². The topological polar surface area (TPSA) is 81.5 Å². The molecule has 1 aromatic heterocycles. The molecule has 0 unspecified atom stereocenters. The summed E-state index contributed by atoms with van der Waals surface area (Å²) in [5.41, 5.74) is 2.67. The Balaban J connectivity index is 1.64. The van der Waals surface area contributed by atoms with Crippen molar-refractivity contribution >= 4 is 29.0 Å². The minimum Gasteiger partial charge on any atom is -0.497 e. The quantitative estimate of drug-likeness (QED) is 0.553. The van der Waals surface area contributed by atoms with Gasteiger partial charge < -0.3 is 24.3 Å². The summed E-state index contributed by atoms with van der Waals surface area (Å²) in [5.74, 6) is 1.98. The Bertz CT molecular complexity index is 1020. The van der Waals surface area contributed by atoms with E-state index in [1.165, 1.54) is 11.8 Å². The van der Waals surface area contributed by atoms with Crippen LogP contribution >= 0.6 is 11.8 Å². The second kappa shape index (κ2) is 9.53. The number of amides is 1. The number of methoxy groups -OCH3 is 2. The van der Waals surface area contributed by atoms with E-state index in [1.54, 1.807) is 32.4 Å². The summed E-state index contributed by atoms with van der Waals surface area (Å²) in [4.78, 5) is 14.5. The Morgan fingerprint density at radius 2 is 1.83 bits per heavy atom. The van der Waals surface area contributed by atoms with Gasteiger partial charge in [0, 0.05) is 38.5 Å². The van der Waals surface area contributed by atoms with Crippen molar-refractivity contribution in [3.63, 3.8) is 0 Å². The molecule has 0 aliphatic heterocycles. The number of nitrogens with one attached hydrogen (secondary N) is 1. The lowest BCUT2D eigenvalue weighted by atomic mass is 10.2. The molecule has 1 amide bonds. The van der Waals surface area contributed by atoms with Crippen LogP contribution in [0.4, 0.5) is 11.4 Å². The van der Waals surface area contributed by atoms with Gasteiger partial charge in [0.2, 0.25) is 5.91 Å². The summed E-state index contributed by atoms with van der Waals surface area (Å²) in [7, 11) is 9.01. The Kier molecular flexibility index (Phi) is 6.83. The standard InChI is InChI=1S/C21H25N5O3S/c1-25(2)15-8-6-14(7-9-15)20-23-24-21(26(20)3)30-13-19(27)22-17-11-10-16(28-4)12-18(17)29-5/h6-12H,13H2,1-5H3,(H,22,27). The molecule has 0 atom stereocenters. The molecule has 0 saturated heterocycles. The molecule has 0 aliphatic rings. The summed E-state index contributed by atoms with van der Waals surface area (Å²) in [6.45, 7) is 0. The summed E-state index contributed by atoms with van der Waals surface area (Å²) < 4.78 is 12.4. The van der Waals surface area contributed by atoms with E-state index in [2.05, 4.69) is 15.5 Å². The molecule has 1 N–H and O–H groups in total. The van der Waals surface area contributed by atoms with Gasteiger partial charge in [-0.3, -0.25) is 4.79 Å². The molecule has 158 valence electrons. The lowest BCUT2D eigenvalue weighted by Gasteiger charge is -2.12. The van der Waals surface area contributed by atoms with Crippen LogP contribution in [0.15, 0.2) is 47.6 Å². The number of anilines is 2. The number of nitrogens with zero attached hydrogens (tertiary/aromatic N) is 4. The van der Waals surface area contributed by atoms with Crippen LogP contribution in [0.1, 0.15) is 0 Å². The van der Waals surface area contributed by atoms with Gasteiger partial charge in [-0.05, 0) is 36.4 Å². The van der Waals surface area contributed by atoms with Crippen molar-refractivity contribution in [2.24, 2.45) is 7.05 Å². The first-order chi connectivity index (χ1) is 14.4. The zero-order chi connectivity index (χ0) is 21.7. The maximum atomic E-state index is 12.4. The van der Waals surface area contributed by atoms with Crippen LogP contribution < -0.4 is 19.7 Å². The highest BCUT2D eigenvalue weighted by Crippen LogP contribution is 2.29. The Labute approximate surface area is 180 Å². The third kappa shape index (κ3) is 4.85. The third-order valence-corrected chi connectivity index (χ3v) is 5.51. The average Bonchev–Trinajstić information content (AvgIpc) is 3.12. The fourth-order valence-corrected chi connectivity index (χ4v) is 3.53. The van der Waals surface area contributed by atoms with Crippen molar-refractivity contribution < 1.29 is 14.3 Å². The molecule has 8 nitrogen and oxygen atoms in total. The first-order valence-corrected chi connectivity index (χ1v) is 10.2. The number of hydrogen-bond donors (Lipinski definition) is 1. The van der Waals surface area contributed by atoms with Gasteiger partial charge in [-0.25, -0.2) is 0 Å². The van der Waals surface area contributed by atoms with Gasteiger partial charge >= 0.3 is 0 Å². The van der Waals surface area contributed by atoms with E-state index in [9.17, 15) is 4.79 Å². The van der Waals surface area contributed by atoms with E-state index in [0.717, 1.165) is 17.1 Å². The molecule has 0 spiro atoms. The minimum absolute atomic E-state index is 0.164. The average molecular weight is 428 g/mol. The molecule has 30 heavy (non-hydrogen) atoms. The second-order valence-electron chi connectivity index (χ2n) is 6.71. The molecule has 0 saturated carbocycles. The fourth-order valence-electron chi connectivity index (χ4n) is 2.82. The summed E-state index contributed by atoms with van der Waals surface area (Å²) >= 11 is 1.32. The molecule has 2 aromatic carbocycles. The predicted molar refractivity (Wildman–Crippen MR) is 120 cm³/mol. The zero-order valence-corrected chi connectivity index (χ0v) is 18.5. The fraction of sp³-hybridized carbons (Fsp3) is 0.286. The molecule has 0 bridgehead atoms. The minimum atomic E-state index is -0.164. The molecule has 3 aromatic rings. The molecule has 3 rings (SSSR count). The number of ether oxygens (including phenoxy) is 2. The first-order valence-electron chi connectivity index (χ1n) is 9.24. The highest BCUT2D eigenvalue weighted by molar-refractivity contribution is 7.99. The molecular weight excluding hydrogens is 402 g/mol. The van der Waals surface area contributed by atoms with E-state index in [1.807, 2.05) is 54.9 Å². The van der Waals surface area contributed by atoms with Crippen LogP contribution in [0.25, 0.3) is 11.4 Å². The van der Waals surface area contributed by atoms with Crippen molar-refractivity contribution in [2.75, 3.05) is 44.3 Å². The Hall–Kier alpha value is -3.20. The van der Waals surface area contributed by atoms with Gasteiger partial charge in [-0.15, -0.1) is 10.2 Å². The van der Waals surface area contributed by atoms with Crippen molar-refractivity contribution in [1.29, 1.82) is 0 Å². The number of carbonyl (C=O) groups excluding carboxylic acids is 1. The van der Waals surface area contributed by atoms with Gasteiger partial charge in [0.15, 0.2) is 11.0 Å². The Morgan fingerprint density at radius 1 is 1.10 bits per heavy atom. The SMILES string of the molecule is COc1ccc(NC(=O)CSc2nnc(-c3ccc(N(C)C)cc3)n2C)c(OC)c1. The molecule has 0 radical (unpaired) electrons. The van der Waals surface area contributed by atoms with Crippen LogP contribution in [0.5, 0.6) is 11.5 Å². The lowest BCUT2D eigenvalue weighted by Crippen LogP contribution is -2.15. The van der Waals surface area contributed by atoms with Crippen molar-refractivity contribution in [3.8, 4) is 22.9 Å². The molecule has 9 heteroatoms. The molecular formula is C21H25N5O3S. The maximum Gasteiger partial charge on any atom is 0.234 e. The highest BCUT2D eigenvalue weighted by Gasteiger charge is 2.14. The first kappa shape index (κ1) is 21.5. The van der Waals surface area contributed by atoms with Crippen molar-refractivity contribution in [3.05, 3.63) is 42.5 Å². The zero-order valence-electron chi connectivity index (χ0n) is 17.7. The normalized spacial score (nSPS) is 10.6. The van der Waals surface area contributed by atoms with Crippen molar-refractivity contribution in [2.45, 2.75) is 5.16 Å². The smallest absolute Gasteiger partial charge is 0.234 e. The summed E-state index contributed by atoms with van der Waals surface area (Å²) in [5, 5.41) is 12.0. The summed E-state index contributed by atoms with van der Waals surface area (Å²) in [6, 6.07) is 13.3. The van der Waals surface area contributed by atoms with E-state index in [0.29, 0.717) is 22.3 Å². The molecule has 0 aliphatic carbocycles. The van der Waals surface area contributed by atoms with Crippen molar-refractivity contribution in [1.82, 2.24) is 14.8 Å². The highest BCUT2D eigenvalue weighted by atomic mass is 32.2. The van der Waals surface area contributed by atoms with Gasteiger partial charge in [-0.1, -0.05) is 11.8 Å². The van der Waals surface area contributed by atoms with Crippen LogP contribution in [0.3, 0.4) is 0 Å². The van der Waals surface area contributed by atoms with E-state index in [-0.39, 0.29) is 11.7 Å².